The Morgan fingerprint density at radius 3 is 2.32 bits per heavy atom. The van der Waals surface area contributed by atoms with Gasteiger partial charge in [0.05, 0.1) is 0 Å². The minimum atomic E-state index is 0.890. The third-order valence-corrected chi connectivity index (χ3v) is 4.85. The summed E-state index contributed by atoms with van der Waals surface area (Å²) in [6, 6.07) is 26.1. The zero-order valence-electron chi connectivity index (χ0n) is 14.8. The van der Waals surface area contributed by atoms with E-state index >= 15 is 0 Å². The van der Waals surface area contributed by atoms with Crippen LogP contribution < -0.4 is 4.57 Å². The van der Waals surface area contributed by atoms with Crippen LogP contribution in [0.5, 0.6) is 0 Å². The van der Waals surface area contributed by atoms with Gasteiger partial charge in [-0.3, -0.25) is 0 Å². The van der Waals surface area contributed by atoms with Crippen molar-refractivity contribution in [3.63, 3.8) is 0 Å². The van der Waals surface area contributed by atoms with E-state index in [9.17, 15) is 0 Å². The molecule has 3 aromatic carbocycles. The minimum absolute atomic E-state index is 0.890. The number of fused-ring (bicyclic) bond motifs is 1. The number of para-hydroxylation sites is 2. The molecule has 0 bridgehead atoms. The first-order valence-electron chi connectivity index (χ1n) is 8.78. The van der Waals surface area contributed by atoms with Gasteiger partial charge in [0.2, 0.25) is 6.33 Å². The fourth-order valence-corrected chi connectivity index (χ4v) is 3.36. The summed E-state index contributed by atoms with van der Waals surface area (Å²) in [6.45, 7) is 6.10. The van der Waals surface area contributed by atoms with Crippen LogP contribution in [0, 0.1) is 13.8 Å². The largest absolute Gasteiger partial charge is 0.245 e. The van der Waals surface area contributed by atoms with Crippen molar-refractivity contribution in [3.8, 4) is 0 Å². The molecule has 1 heterocycles. The summed E-state index contributed by atoms with van der Waals surface area (Å²) >= 11 is 0. The van der Waals surface area contributed by atoms with Crippen molar-refractivity contribution in [1.82, 2.24) is 4.57 Å². The van der Waals surface area contributed by atoms with Gasteiger partial charge in [-0.25, -0.2) is 9.13 Å². The quantitative estimate of drug-likeness (QED) is 0.483. The summed E-state index contributed by atoms with van der Waals surface area (Å²) < 4.78 is 4.70. The van der Waals surface area contributed by atoms with Gasteiger partial charge in [0.1, 0.15) is 13.1 Å². The average Bonchev–Trinajstić information content (AvgIpc) is 2.97. The van der Waals surface area contributed by atoms with Crippen molar-refractivity contribution >= 4 is 11.0 Å². The van der Waals surface area contributed by atoms with E-state index in [0.717, 1.165) is 13.1 Å². The second-order valence-corrected chi connectivity index (χ2v) is 6.77. The predicted octanol–water partition coefficient (Wildman–Crippen LogP) is 4.64. The van der Waals surface area contributed by atoms with E-state index < -0.39 is 0 Å². The molecule has 0 saturated heterocycles. The van der Waals surface area contributed by atoms with Crippen molar-refractivity contribution < 1.29 is 4.57 Å². The maximum atomic E-state index is 2.35. The van der Waals surface area contributed by atoms with E-state index in [1.54, 1.807) is 0 Å². The third kappa shape index (κ3) is 3.20. The Bertz CT molecular complexity index is 1010. The fourth-order valence-electron chi connectivity index (χ4n) is 3.36. The first kappa shape index (κ1) is 15.6. The molecule has 0 N–H and O–H groups in total. The van der Waals surface area contributed by atoms with Crippen LogP contribution in [0.1, 0.15) is 22.3 Å². The number of aryl methyl sites for hydroxylation is 2. The highest BCUT2D eigenvalue weighted by Gasteiger charge is 2.16. The van der Waals surface area contributed by atoms with E-state index in [1.165, 1.54) is 33.3 Å². The van der Waals surface area contributed by atoms with Crippen molar-refractivity contribution in [1.29, 1.82) is 0 Å². The minimum Gasteiger partial charge on any atom is -0.226 e. The zero-order valence-corrected chi connectivity index (χ0v) is 14.8. The molecule has 0 atom stereocenters. The summed E-state index contributed by atoms with van der Waals surface area (Å²) in [4.78, 5) is 0. The molecule has 0 spiro atoms. The van der Waals surface area contributed by atoms with Crippen LogP contribution in [0.3, 0.4) is 0 Å². The standard InChI is InChI=1S/C23H23N2/c1-18-11-13-20(14-12-18)15-24-17-25(23-10-6-5-9-22(23)24)16-21-8-4-3-7-19(21)2/h3-14,17H,15-16H2,1-2H3/q+1. The molecule has 0 fully saturated rings. The molecule has 25 heavy (non-hydrogen) atoms. The Hall–Kier alpha value is -2.87. The Morgan fingerprint density at radius 2 is 1.52 bits per heavy atom. The van der Waals surface area contributed by atoms with Gasteiger partial charge < -0.3 is 0 Å². The SMILES string of the molecule is Cc1ccc(C[n+]2cn(Cc3ccccc3C)c3ccccc32)cc1. The van der Waals surface area contributed by atoms with Gasteiger partial charge in [0.25, 0.3) is 0 Å². The molecule has 2 heteroatoms. The summed E-state index contributed by atoms with van der Waals surface area (Å²) in [5.74, 6) is 0. The van der Waals surface area contributed by atoms with Crippen LogP contribution in [0.25, 0.3) is 11.0 Å². The number of rotatable bonds is 4. The predicted molar refractivity (Wildman–Crippen MR) is 103 cm³/mol. The van der Waals surface area contributed by atoms with Crippen molar-refractivity contribution in [2.45, 2.75) is 26.9 Å². The first-order valence-corrected chi connectivity index (χ1v) is 8.78. The van der Waals surface area contributed by atoms with E-state index in [0.29, 0.717) is 0 Å². The van der Waals surface area contributed by atoms with Crippen LogP contribution in [0.4, 0.5) is 0 Å². The Balaban J connectivity index is 1.73. The van der Waals surface area contributed by atoms with Crippen LogP contribution >= 0.6 is 0 Å². The van der Waals surface area contributed by atoms with Gasteiger partial charge in [-0.05, 0) is 42.7 Å². The fraction of sp³-hybridized carbons (Fsp3) is 0.174. The molecule has 0 radical (unpaired) electrons. The Morgan fingerprint density at radius 1 is 0.800 bits per heavy atom. The first-order chi connectivity index (χ1) is 12.2. The highest BCUT2D eigenvalue weighted by molar-refractivity contribution is 5.71. The van der Waals surface area contributed by atoms with Gasteiger partial charge in [0.15, 0.2) is 11.0 Å². The number of hydrogen-bond acceptors (Lipinski definition) is 0. The van der Waals surface area contributed by atoms with E-state index in [4.69, 9.17) is 0 Å². The number of hydrogen-bond donors (Lipinski definition) is 0. The van der Waals surface area contributed by atoms with Crippen LogP contribution in [0.15, 0.2) is 79.1 Å². The van der Waals surface area contributed by atoms with Gasteiger partial charge in [0, 0.05) is 0 Å². The molecule has 4 aromatic rings. The van der Waals surface area contributed by atoms with Crippen LogP contribution in [-0.4, -0.2) is 4.57 Å². The molecule has 0 aliphatic heterocycles. The number of benzene rings is 3. The zero-order chi connectivity index (χ0) is 17.2. The van der Waals surface area contributed by atoms with E-state index in [1.807, 2.05) is 0 Å². The molecule has 1 aromatic heterocycles. The molecular formula is C23H23N2+. The van der Waals surface area contributed by atoms with E-state index in [-0.39, 0.29) is 0 Å². The number of aromatic nitrogens is 2. The lowest BCUT2D eigenvalue weighted by Gasteiger charge is -2.02. The lowest BCUT2D eigenvalue weighted by molar-refractivity contribution is -0.663. The summed E-state index contributed by atoms with van der Waals surface area (Å²) in [7, 11) is 0. The lowest BCUT2D eigenvalue weighted by Crippen LogP contribution is -2.32. The van der Waals surface area contributed by atoms with E-state index in [2.05, 4.69) is 102 Å². The monoisotopic (exact) mass is 327 g/mol. The normalized spacial score (nSPS) is 11.1. The molecule has 0 aliphatic rings. The van der Waals surface area contributed by atoms with Gasteiger partial charge in [-0.15, -0.1) is 0 Å². The highest BCUT2D eigenvalue weighted by Crippen LogP contribution is 2.16. The molecule has 0 saturated carbocycles. The average molecular weight is 327 g/mol. The Kier molecular flexibility index (Phi) is 4.10. The molecule has 4 rings (SSSR count). The van der Waals surface area contributed by atoms with Crippen molar-refractivity contribution in [3.05, 3.63) is 101 Å². The maximum absolute atomic E-state index is 2.35. The second-order valence-electron chi connectivity index (χ2n) is 6.77. The lowest BCUT2D eigenvalue weighted by atomic mass is 10.1. The summed E-state index contributed by atoms with van der Waals surface area (Å²) in [5.41, 5.74) is 7.88. The highest BCUT2D eigenvalue weighted by atomic mass is 15.1. The van der Waals surface area contributed by atoms with Gasteiger partial charge in [-0.1, -0.05) is 66.2 Å². The molecule has 0 aliphatic carbocycles. The third-order valence-electron chi connectivity index (χ3n) is 4.85. The van der Waals surface area contributed by atoms with Crippen molar-refractivity contribution in [2.24, 2.45) is 0 Å². The van der Waals surface area contributed by atoms with Gasteiger partial charge in [-0.2, -0.15) is 0 Å². The summed E-state index contributed by atoms with van der Waals surface area (Å²) in [6.07, 6.45) is 2.25. The molecular weight excluding hydrogens is 304 g/mol. The van der Waals surface area contributed by atoms with Crippen LogP contribution in [0.2, 0.25) is 0 Å². The van der Waals surface area contributed by atoms with Gasteiger partial charge >= 0.3 is 0 Å². The molecule has 2 nitrogen and oxygen atoms in total. The maximum Gasteiger partial charge on any atom is 0.245 e. The van der Waals surface area contributed by atoms with Crippen molar-refractivity contribution in [2.75, 3.05) is 0 Å². The number of imidazole rings is 1. The topological polar surface area (TPSA) is 8.81 Å². The second kappa shape index (κ2) is 6.56. The summed E-state index contributed by atoms with van der Waals surface area (Å²) in [5, 5.41) is 0. The molecule has 0 unspecified atom stereocenters. The molecule has 0 amide bonds. The Labute approximate surface area is 149 Å². The smallest absolute Gasteiger partial charge is 0.226 e. The van der Waals surface area contributed by atoms with Crippen LogP contribution in [-0.2, 0) is 13.1 Å². The molecule has 124 valence electrons. The number of nitrogens with zero attached hydrogens (tertiary/aromatic N) is 2.